The van der Waals surface area contributed by atoms with Crippen LogP contribution in [0.1, 0.15) is 43.0 Å². The predicted octanol–water partition coefficient (Wildman–Crippen LogP) is 6.85. The molecule has 0 saturated heterocycles. The van der Waals surface area contributed by atoms with Gasteiger partial charge in [0.25, 0.3) is 5.91 Å². The number of anilines is 1. The molecule has 3 rings (SSSR count). The molecule has 7 nitrogen and oxygen atoms in total. The summed E-state index contributed by atoms with van der Waals surface area (Å²) in [5, 5.41) is 23.9. The summed E-state index contributed by atoms with van der Waals surface area (Å²) >= 11 is 0. The van der Waals surface area contributed by atoms with E-state index in [0.29, 0.717) is 17.0 Å². The second-order valence-corrected chi connectivity index (χ2v) is 9.30. The van der Waals surface area contributed by atoms with Crippen molar-refractivity contribution in [2.75, 3.05) is 5.32 Å². The number of hydrogen-bond donors (Lipinski definition) is 1. The van der Waals surface area contributed by atoms with Crippen LogP contribution in [0.2, 0.25) is 0 Å². The Balaban J connectivity index is 1.85. The van der Waals surface area contributed by atoms with E-state index in [2.05, 4.69) is 26.1 Å². The maximum atomic E-state index is 12.6. The molecule has 0 aliphatic carbocycles. The van der Waals surface area contributed by atoms with Crippen LogP contribution in [0.4, 0.5) is 11.4 Å². The Labute approximate surface area is 204 Å². The van der Waals surface area contributed by atoms with Gasteiger partial charge in [-0.2, -0.15) is 5.26 Å². The molecule has 0 heterocycles. The van der Waals surface area contributed by atoms with Crippen molar-refractivity contribution in [1.82, 2.24) is 0 Å². The number of rotatable bonds is 6. The molecule has 7 heteroatoms. The van der Waals surface area contributed by atoms with Gasteiger partial charge < -0.3 is 10.1 Å². The standard InChI is InChI=1S/C28H27N3O4/c1-18-6-12-24(19(2)14-18)30-27(32)21(17-29)15-20-7-13-26(25(16-20)31(33)34)35-23-10-8-22(9-11-23)28(3,4)5/h6-16H,1-5H3,(H,30,32). The Hall–Kier alpha value is -4.44. The lowest BCUT2D eigenvalue weighted by molar-refractivity contribution is -0.385. The molecule has 0 aliphatic rings. The molecule has 35 heavy (non-hydrogen) atoms. The van der Waals surface area contributed by atoms with Gasteiger partial charge in [0, 0.05) is 11.8 Å². The molecule has 1 amide bonds. The quantitative estimate of drug-likeness (QED) is 0.184. The molecular weight excluding hydrogens is 442 g/mol. The molecule has 0 aliphatic heterocycles. The number of nitrogens with one attached hydrogen (secondary N) is 1. The molecule has 0 unspecified atom stereocenters. The number of ether oxygens (including phenoxy) is 1. The van der Waals surface area contributed by atoms with Crippen LogP contribution in [-0.4, -0.2) is 10.8 Å². The average Bonchev–Trinajstić information content (AvgIpc) is 2.79. The van der Waals surface area contributed by atoms with E-state index in [1.807, 2.05) is 44.2 Å². The highest BCUT2D eigenvalue weighted by molar-refractivity contribution is 6.10. The average molecular weight is 470 g/mol. The number of benzene rings is 3. The molecular formula is C28H27N3O4. The number of nitriles is 1. The minimum Gasteiger partial charge on any atom is -0.450 e. The second kappa shape index (κ2) is 10.2. The molecule has 3 aromatic carbocycles. The first-order valence-corrected chi connectivity index (χ1v) is 11.0. The number of nitro benzene ring substituents is 1. The van der Waals surface area contributed by atoms with Gasteiger partial charge in [-0.15, -0.1) is 0 Å². The number of aryl methyl sites for hydroxylation is 2. The maximum Gasteiger partial charge on any atom is 0.312 e. The number of hydrogen-bond acceptors (Lipinski definition) is 5. The molecule has 0 saturated carbocycles. The summed E-state index contributed by atoms with van der Waals surface area (Å²) in [6.07, 6.45) is 1.31. The molecule has 0 fully saturated rings. The van der Waals surface area contributed by atoms with E-state index in [1.165, 1.54) is 18.2 Å². The molecule has 0 radical (unpaired) electrons. The predicted molar refractivity (Wildman–Crippen MR) is 136 cm³/mol. The molecule has 0 spiro atoms. The van der Waals surface area contributed by atoms with Crippen molar-refractivity contribution in [3.63, 3.8) is 0 Å². The van der Waals surface area contributed by atoms with Crippen LogP contribution in [0.5, 0.6) is 11.5 Å². The van der Waals surface area contributed by atoms with Gasteiger partial charge in [0.1, 0.15) is 17.4 Å². The van der Waals surface area contributed by atoms with Gasteiger partial charge in [0.05, 0.1) is 4.92 Å². The van der Waals surface area contributed by atoms with Crippen molar-refractivity contribution < 1.29 is 14.5 Å². The molecule has 3 aromatic rings. The topological polar surface area (TPSA) is 105 Å². The number of carbonyl (C=O) groups excluding carboxylic acids is 1. The smallest absolute Gasteiger partial charge is 0.312 e. The fourth-order valence-corrected chi connectivity index (χ4v) is 3.46. The van der Waals surface area contributed by atoms with Gasteiger partial charge in [0.2, 0.25) is 5.75 Å². The second-order valence-electron chi connectivity index (χ2n) is 9.30. The highest BCUT2D eigenvalue weighted by Gasteiger charge is 2.19. The molecule has 1 N–H and O–H groups in total. The Kier molecular flexibility index (Phi) is 7.36. The molecule has 0 atom stereocenters. The normalized spacial score (nSPS) is 11.5. The number of carbonyl (C=O) groups is 1. The van der Waals surface area contributed by atoms with E-state index in [1.54, 1.807) is 24.3 Å². The van der Waals surface area contributed by atoms with Crippen LogP contribution in [0.3, 0.4) is 0 Å². The first-order valence-electron chi connectivity index (χ1n) is 11.0. The molecule has 0 bridgehead atoms. The Morgan fingerprint density at radius 2 is 1.74 bits per heavy atom. The SMILES string of the molecule is Cc1ccc(NC(=O)C(C#N)=Cc2ccc(Oc3ccc(C(C)(C)C)cc3)c([N+](=O)[O-])c2)c(C)c1. The van der Waals surface area contributed by atoms with Crippen LogP contribution < -0.4 is 10.1 Å². The monoisotopic (exact) mass is 469 g/mol. The Morgan fingerprint density at radius 3 is 2.31 bits per heavy atom. The van der Waals surface area contributed by atoms with Crippen molar-refractivity contribution >= 4 is 23.4 Å². The van der Waals surface area contributed by atoms with Gasteiger partial charge >= 0.3 is 5.69 Å². The van der Waals surface area contributed by atoms with E-state index in [0.717, 1.165) is 16.7 Å². The fraction of sp³-hybridized carbons (Fsp3) is 0.214. The van der Waals surface area contributed by atoms with Crippen molar-refractivity contribution in [2.45, 2.75) is 40.0 Å². The minimum atomic E-state index is -0.596. The minimum absolute atomic E-state index is 0.0264. The fourth-order valence-electron chi connectivity index (χ4n) is 3.46. The zero-order chi connectivity index (χ0) is 25.8. The maximum absolute atomic E-state index is 12.6. The van der Waals surface area contributed by atoms with Crippen molar-refractivity contribution in [3.8, 4) is 17.6 Å². The Morgan fingerprint density at radius 1 is 1.06 bits per heavy atom. The van der Waals surface area contributed by atoms with Crippen molar-refractivity contribution in [3.05, 3.63) is 98.6 Å². The van der Waals surface area contributed by atoms with E-state index in [4.69, 9.17) is 4.74 Å². The lowest BCUT2D eigenvalue weighted by Crippen LogP contribution is -2.14. The van der Waals surface area contributed by atoms with Crippen LogP contribution in [0.25, 0.3) is 6.08 Å². The number of nitrogens with zero attached hydrogens (tertiary/aromatic N) is 2. The lowest BCUT2D eigenvalue weighted by atomic mass is 9.87. The van der Waals surface area contributed by atoms with E-state index < -0.39 is 10.8 Å². The van der Waals surface area contributed by atoms with Gasteiger partial charge in [0.15, 0.2) is 0 Å². The first kappa shape index (κ1) is 25.2. The van der Waals surface area contributed by atoms with Gasteiger partial charge in [-0.05, 0) is 66.3 Å². The lowest BCUT2D eigenvalue weighted by Gasteiger charge is -2.19. The summed E-state index contributed by atoms with van der Waals surface area (Å²) in [5.41, 5.74) is 3.48. The Bertz CT molecular complexity index is 1340. The van der Waals surface area contributed by atoms with Crippen LogP contribution in [-0.2, 0) is 10.2 Å². The highest BCUT2D eigenvalue weighted by atomic mass is 16.6. The highest BCUT2D eigenvalue weighted by Crippen LogP contribution is 2.34. The van der Waals surface area contributed by atoms with Crippen LogP contribution >= 0.6 is 0 Å². The van der Waals surface area contributed by atoms with Gasteiger partial charge in [-0.1, -0.05) is 56.7 Å². The third-order valence-electron chi connectivity index (χ3n) is 5.43. The van der Waals surface area contributed by atoms with Crippen LogP contribution in [0.15, 0.2) is 66.2 Å². The third-order valence-corrected chi connectivity index (χ3v) is 5.43. The summed E-state index contributed by atoms with van der Waals surface area (Å²) in [5.74, 6) is -0.0646. The van der Waals surface area contributed by atoms with Gasteiger partial charge in [-0.3, -0.25) is 14.9 Å². The zero-order valence-electron chi connectivity index (χ0n) is 20.4. The first-order chi connectivity index (χ1) is 16.5. The summed E-state index contributed by atoms with van der Waals surface area (Å²) in [7, 11) is 0. The summed E-state index contributed by atoms with van der Waals surface area (Å²) in [4.78, 5) is 23.8. The van der Waals surface area contributed by atoms with E-state index in [9.17, 15) is 20.2 Å². The zero-order valence-corrected chi connectivity index (χ0v) is 20.4. The van der Waals surface area contributed by atoms with Crippen LogP contribution in [0, 0.1) is 35.3 Å². The molecule has 178 valence electrons. The summed E-state index contributed by atoms with van der Waals surface area (Å²) in [6, 6.07) is 19.1. The number of amides is 1. The summed E-state index contributed by atoms with van der Waals surface area (Å²) < 4.78 is 5.77. The number of nitro groups is 1. The summed E-state index contributed by atoms with van der Waals surface area (Å²) in [6.45, 7) is 10.1. The van der Waals surface area contributed by atoms with Crippen molar-refractivity contribution in [2.24, 2.45) is 0 Å². The molecule has 0 aromatic heterocycles. The third kappa shape index (κ3) is 6.33. The largest absolute Gasteiger partial charge is 0.450 e. The van der Waals surface area contributed by atoms with Crippen molar-refractivity contribution in [1.29, 1.82) is 5.26 Å². The van der Waals surface area contributed by atoms with E-state index in [-0.39, 0.29) is 22.4 Å². The van der Waals surface area contributed by atoms with E-state index >= 15 is 0 Å². The van der Waals surface area contributed by atoms with Gasteiger partial charge in [-0.25, -0.2) is 0 Å².